The Hall–Kier alpha value is -1.15. The Morgan fingerprint density at radius 3 is 2.53 bits per heavy atom. The molecule has 8 heteroatoms. The van der Waals surface area contributed by atoms with Crippen molar-refractivity contribution >= 4 is 21.9 Å². The quantitative estimate of drug-likeness (QED) is 0.608. The summed E-state index contributed by atoms with van der Waals surface area (Å²) in [5.41, 5.74) is 0. The highest BCUT2D eigenvalue weighted by molar-refractivity contribution is 7.89. The Balaban J connectivity index is 2.82. The van der Waals surface area contributed by atoms with Crippen molar-refractivity contribution in [1.82, 2.24) is 4.90 Å². The normalized spacial score (nSPS) is 24.3. The molecule has 0 spiro atoms. The molecule has 0 aromatic heterocycles. The fraction of sp³-hybridized carbons (Fsp3) is 0.714. The predicted octanol–water partition coefficient (Wildman–Crippen LogP) is -1.65. The molecule has 0 bridgehead atoms. The fourth-order valence-electron chi connectivity index (χ4n) is 1.43. The Morgan fingerprint density at radius 2 is 2.20 bits per heavy atom. The van der Waals surface area contributed by atoms with Gasteiger partial charge in [-0.3, -0.25) is 4.79 Å². The van der Waals surface area contributed by atoms with Crippen molar-refractivity contribution < 1.29 is 23.1 Å². The standard InChI is InChI=1S/C7H12N2O5S/c1-4(7(11)12)9-3-5(2-6(9)10)15(8,13)14/h4-5H,2-3H2,1H3,(H,11,12)(H2,8,13,14). The van der Waals surface area contributed by atoms with E-state index in [1.165, 1.54) is 6.92 Å². The minimum Gasteiger partial charge on any atom is -0.480 e. The minimum absolute atomic E-state index is 0.148. The van der Waals surface area contributed by atoms with E-state index in [9.17, 15) is 18.0 Å². The molecular weight excluding hydrogens is 224 g/mol. The lowest BCUT2D eigenvalue weighted by molar-refractivity contribution is -0.147. The first-order chi connectivity index (χ1) is 6.73. The van der Waals surface area contributed by atoms with Crippen LogP contribution in [0.2, 0.25) is 0 Å². The van der Waals surface area contributed by atoms with Crippen molar-refractivity contribution in [2.75, 3.05) is 6.54 Å². The van der Waals surface area contributed by atoms with E-state index in [-0.39, 0.29) is 13.0 Å². The second-order valence-corrected chi connectivity index (χ2v) is 5.32. The van der Waals surface area contributed by atoms with Crippen LogP contribution in [0.25, 0.3) is 0 Å². The largest absolute Gasteiger partial charge is 0.480 e. The summed E-state index contributed by atoms with van der Waals surface area (Å²) in [6.07, 6.45) is -0.240. The summed E-state index contributed by atoms with van der Waals surface area (Å²) >= 11 is 0. The molecule has 2 atom stereocenters. The lowest BCUT2D eigenvalue weighted by Gasteiger charge is -2.20. The highest BCUT2D eigenvalue weighted by atomic mass is 32.2. The predicted molar refractivity (Wildman–Crippen MR) is 50.3 cm³/mol. The van der Waals surface area contributed by atoms with E-state index in [2.05, 4.69) is 0 Å². The zero-order valence-electron chi connectivity index (χ0n) is 8.08. The van der Waals surface area contributed by atoms with Gasteiger partial charge in [0.1, 0.15) is 11.3 Å². The maximum absolute atomic E-state index is 11.3. The maximum atomic E-state index is 11.3. The third kappa shape index (κ3) is 2.45. The SMILES string of the molecule is CC(C(=O)O)N1CC(S(N)(=O)=O)CC1=O. The number of carbonyl (C=O) groups is 2. The van der Waals surface area contributed by atoms with Gasteiger partial charge in [0.25, 0.3) is 0 Å². The molecule has 1 rings (SSSR count). The number of nitrogens with zero attached hydrogens (tertiary/aromatic N) is 1. The second-order valence-electron chi connectivity index (χ2n) is 3.48. The molecule has 1 heterocycles. The summed E-state index contributed by atoms with van der Waals surface area (Å²) in [5, 5.41) is 12.6. The van der Waals surface area contributed by atoms with E-state index < -0.39 is 33.2 Å². The van der Waals surface area contributed by atoms with Gasteiger partial charge in [0, 0.05) is 13.0 Å². The van der Waals surface area contributed by atoms with E-state index in [0.29, 0.717) is 0 Å². The maximum Gasteiger partial charge on any atom is 0.326 e. The first kappa shape index (κ1) is 11.9. The minimum atomic E-state index is -3.78. The number of hydrogen-bond donors (Lipinski definition) is 2. The third-order valence-electron chi connectivity index (χ3n) is 2.41. The van der Waals surface area contributed by atoms with Crippen molar-refractivity contribution in [2.45, 2.75) is 24.6 Å². The highest BCUT2D eigenvalue weighted by Crippen LogP contribution is 2.18. The van der Waals surface area contributed by atoms with Gasteiger partial charge in [0.2, 0.25) is 15.9 Å². The Labute approximate surface area is 86.9 Å². The lowest BCUT2D eigenvalue weighted by Crippen LogP contribution is -2.41. The van der Waals surface area contributed by atoms with Crippen molar-refractivity contribution in [3.8, 4) is 0 Å². The number of carboxylic acid groups (broad SMARTS) is 1. The van der Waals surface area contributed by atoms with Gasteiger partial charge < -0.3 is 10.0 Å². The van der Waals surface area contributed by atoms with Crippen LogP contribution in [0.3, 0.4) is 0 Å². The number of hydrogen-bond acceptors (Lipinski definition) is 4. The van der Waals surface area contributed by atoms with Crippen molar-refractivity contribution in [3.63, 3.8) is 0 Å². The van der Waals surface area contributed by atoms with Gasteiger partial charge in [-0.15, -0.1) is 0 Å². The Bertz CT molecular complexity index is 390. The van der Waals surface area contributed by atoms with Crippen LogP contribution >= 0.6 is 0 Å². The first-order valence-electron chi connectivity index (χ1n) is 4.27. The molecule has 7 nitrogen and oxygen atoms in total. The first-order valence-corrected chi connectivity index (χ1v) is 5.88. The zero-order chi connectivity index (χ0) is 11.8. The molecule has 1 aliphatic rings. The molecule has 0 aromatic carbocycles. The number of carbonyl (C=O) groups excluding carboxylic acids is 1. The summed E-state index contributed by atoms with van der Waals surface area (Å²) in [6.45, 7) is 1.18. The molecule has 1 amide bonds. The number of sulfonamides is 1. The highest BCUT2D eigenvalue weighted by Gasteiger charge is 2.40. The summed E-state index contributed by atoms with van der Waals surface area (Å²) in [6, 6.07) is -1.02. The van der Waals surface area contributed by atoms with Gasteiger partial charge in [-0.25, -0.2) is 18.4 Å². The van der Waals surface area contributed by atoms with Gasteiger partial charge in [-0.05, 0) is 6.92 Å². The number of nitrogens with two attached hydrogens (primary N) is 1. The summed E-state index contributed by atoms with van der Waals surface area (Å²) in [5.74, 6) is -1.66. The molecule has 3 N–H and O–H groups in total. The van der Waals surface area contributed by atoms with E-state index in [1.807, 2.05) is 0 Å². The average Bonchev–Trinajstić information content (AvgIpc) is 2.45. The van der Waals surface area contributed by atoms with E-state index >= 15 is 0 Å². The third-order valence-corrected chi connectivity index (χ3v) is 3.66. The number of aliphatic carboxylic acids is 1. The van der Waals surface area contributed by atoms with E-state index in [4.69, 9.17) is 10.2 Å². The summed E-state index contributed by atoms with van der Waals surface area (Å²) in [4.78, 5) is 22.9. The molecule has 1 aliphatic heterocycles. The number of likely N-dealkylation sites (tertiary alicyclic amines) is 1. The number of carboxylic acids is 1. The van der Waals surface area contributed by atoms with Crippen molar-refractivity contribution in [3.05, 3.63) is 0 Å². The van der Waals surface area contributed by atoms with Gasteiger partial charge in [-0.1, -0.05) is 0 Å². The molecule has 0 radical (unpaired) electrons. The number of primary sulfonamides is 1. The van der Waals surface area contributed by atoms with Crippen LogP contribution < -0.4 is 5.14 Å². The molecule has 1 saturated heterocycles. The molecule has 0 aliphatic carbocycles. The molecule has 86 valence electrons. The van der Waals surface area contributed by atoms with Gasteiger partial charge >= 0.3 is 5.97 Å². The summed E-state index contributed by atoms with van der Waals surface area (Å²) < 4.78 is 21.9. The number of amides is 1. The average molecular weight is 236 g/mol. The van der Waals surface area contributed by atoms with Gasteiger partial charge in [-0.2, -0.15) is 0 Å². The second kappa shape index (κ2) is 3.78. The van der Waals surface area contributed by atoms with E-state index in [0.717, 1.165) is 4.90 Å². The molecule has 0 aromatic rings. The van der Waals surface area contributed by atoms with Crippen LogP contribution in [0.15, 0.2) is 0 Å². The molecule has 15 heavy (non-hydrogen) atoms. The number of rotatable bonds is 3. The van der Waals surface area contributed by atoms with Crippen LogP contribution in [0.1, 0.15) is 13.3 Å². The van der Waals surface area contributed by atoms with Crippen LogP contribution in [0, 0.1) is 0 Å². The van der Waals surface area contributed by atoms with E-state index in [1.54, 1.807) is 0 Å². The molecule has 1 fully saturated rings. The lowest BCUT2D eigenvalue weighted by atomic mass is 10.3. The van der Waals surface area contributed by atoms with Gasteiger partial charge in [0.15, 0.2) is 0 Å². The van der Waals surface area contributed by atoms with Gasteiger partial charge in [0.05, 0.1) is 0 Å². The van der Waals surface area contributed by atoms with Crippen molar-refractivity contribution in [1.29, 1.82) is 0 Å². The zero-order valence-corrected chi connectivity index (χ0v) is 8.90. The molecule has 2 unspecified atom stereocenters. The van der Waals surface area contributed by atoms with Crippen LogP contribution in [0.5, 0.6) is 0 Å². The Kier molecular flexibility index (Phi) is 3.00. The monoisotopic (exact) mass is 236 g/mol. The van der Waals surface area contributed by atoms with Crippen LogP contribution in [-0.2, 0) is 19.6 Å². The van der Waals surface area contributed by atoms with Crippen LogP contribution in [-0.4, -0.2) is 48.1 Å². The fourth-order valence-corrected chi connectivity index (χ4v) is 2.17. The van der Waals surface area contributed by atoms with Crippen LogP contribution in [0.4, 0.5) is 0 Å². The Morgan fingerprint density at radius 1 is 1.67 bits per heavy atom. The van der Waals surface area contributed by atoms with Crippen molar-refractivity contribution in [2.24, 2.45) is 5.14 Å². The smallest absolute Gasteiger partial charge is 0.326 e. The molecular formula is C7H12N2O5S. The molecule has 0 saturated carbocycles. The summed E-state index contributed by atoms with van der Waals surface area (Å²) in [7, 11) is -3.78. The topological polar surface area (TPSA) is 118 Å².